The minimum atomic E-state index is -0.635. The van der Waals surface area contributed by atoms with E-state index in [0.717, 1.165) is 24.9 Å². The van der Waals surface area contributed by atoms with Crippen LogP contribution in [0.15, 0.2) is 12.4 Å². The summed E-state index contributed by atoms with van der Waals surface area (Å²) in [5.74, 6) is -0.116. The van der Waals surface area contributed by atoms with E-state index < -0.39 is 6.04 Å². The number of nitrogens with one attached hydrogen (secondary N) is 1. The van der Waals surface area contributed by atoms with Gasteiger partial charge in [0.2, 0.25) is 5.91 Å². The van der Waals surface area contributed by atoms with Gasteiger partial charge in [0.25, 0.3) is 0 Å². The predicted molar refractivity (Wildman–Crippen MR) is 73.4 cm³/mol. The molecule has 0 spiro atoms. The summed E-state index contributed by atoms with van der Waals surface area (Å²) in [6.07, 6.45) is 5.37. The number of piperidine rings is 1. The fourth-order valence-corrected chi connectivity index (χ4v) is 2.46. The Morgan fingerprint density at radius 2 is 2.32 bits per heavy atom. The molecule has 1 amide bonds. The fraction of sp³-hybridized carbons (Fsp3) is 0.692. The van der Waals surface area contributed by atoms with Crippen molar-refractivity contribution < 1.29 is 4.79 Å². The molecule has 0 saturated carbocycles. The van der Waals surface area contributed by atoms with Crippen LogP contribution in [0.1, 0.15) is 31.4 Å². The molecule has 3 unspecified atom stereocenters. The summed E-state index contributed by atoms with van der Waals surface area (Å²) >= 11 is 0. The molecule has 1 aromatic rings. The number of nitrogens with zero attached hydrogens (tertiary/aromatic N) is 3. The molecule has 0 aliphatic carbocycles. The Labute approximate surface area is 113 Å². The number of carbonyl (C=O) groups is 1. The van der Waals surface area contributed by atoms with Crippen LogP contribution in [0, 0.1) is 0 Å². The molecule has 0 radical (unpaired) electrons. The average Bonchev–Trinajstić information content (AvgIpc) is 2.79. The van der Waals surface area contributed by atoms with Crippen LogP contribution in [0.4, 0.5) is 0 Å². The highest BCUT2D eigenvalue weighted by molar-refractivity contribution is 5.83. The van der Waals surface area contributed by atoms with Crippen LogP contribution in [-0.2, 0) is 11.8 Å². The largest absolute Gasteiger partial charge is 0.352 e. The average molecular weight is 265 g/mol. The SMILES string of the molecule is CC1CC(NC(=O)C(N)c2cnn(C)c2)CCN1C. The smallest absolute Gasteiger partial charge is 0.241 e. The van der Waals surface area contributed by atoms with E-state index in [9.17, 15) is 4.79 Å². The number of likely N-dealkylation sites (tertiary alicyclic amines) is 1. The standard InChI is InChI=1S/C13H23N5O/c1-9-6-11(4-5-17(9)2)16-13(19)12(14)10-7-15-18(3)8-10/h7-9,11-12H,4-6,14H2,1-3H3,(H,16,19). The molecule has 1 fully saturated rings. The van der Waals surface area contributed by atoms with Gasteiger partial charge in [-0.05, 0) is 26.8 Å². The van der Waals surface area contributed by atoms with Crippen molar-refractivity contribution >= 4 is 5.91 Å². The topological polar surface area (TPSA) is 76.2 Å². The number of rotatable bonds is 3. The molecular weight excluding hydrogens is 242 g/mol. The first-order chi connectivity index (χ1) is 8.97. The minimum absolute atomic E-state index is 0.116. The third kappa shape index (κ3) is 3.33. The van der Waals surface area contributed by atoms with Crippen molar-refractivity contribution in [3.8, 4) is 0 Å². The van der Waals surface area contributed by atoms with Gasteiger partial charge in [0.15, 0.2) is 0 Å². The molecular formula is C13H23N5O. The molecule has 3 N–H and O–H groups in total. The van der Waals surface area contributed by atoms with Gasteiger partial charge in [-0.25, -0.2) is 0 Å². The van der Waals surface area contributed by atoms with Crippen LogP contribution in [0.3, 0.4) is 0 Å². The molecule has 0 aromatic carbocycles. The summed E-state index contributed by atoms with van der Waals surface area (Å²) in [6.45, 7) is 3.19. The second-order valence-electron chi connectivity index (χ2n) is 5.48. The van der Waals surface area contributed by atoms with Crippen molar-refractivity contribution in [2.24, 2.45) is 12.8 Å². The molecule has 3 atom stereocenters. The van der Waals surface area contributed by atoms with E-state index in [1.165, 1.54) is 0 Å². The number of amides is 1. The number of nitrogens with two attached hydrogens (primary N) is 1. The maximum absolute atomic E-state index is 12.1. The van der Waals surface area contributed by atoms with Crippen molar-refractivity contribution in [1.82, 2.24) is 20.0 Å². The molecule has 6 heteroatoms. The second-order valence-corrected chi connectivity index (χ2v) is 5.48. The molecule has 1 saturated heterocycles. The van der Waals surface area contributed by atoms with Crippen LogP contribution in [0.5, 0.6) is 0 Å². The van der Waals surface area contributed by atoms with Crippen LogP contribution < -0.4 is 11.1 Å². The zero-order valence-electron chi connectivity index (χ0n) is 11.8. The summed E-state index contributed by atoms with van der Waals surface area (Å²) in [6, 6.07) is 0.0822. The lowest BCUT2D eigenvalue weighted by atomic mass is 9.98. The van der Waals surface area contributed by atoms with E-state index >= 15 is 0 Å². The van der Waals surface area contributed by atoms with Crippen molar-refractivity contribution in [3.05, 3.63) is 18.0 Å². The molecule has 106 valence electrons. The van der Waals surface area contributed by atoms with E-state index in [1.54, 1.807) is 17.1 Å². The monoisotopic (exact) mass is 265 g/mol. The van der Waals surface area contributed by atoms with Gasteiger partial charge in [-0.2, -0.15) is 5.10 Å². The van der Waals surface area contributed by atoms with Gasteiger partial charge in [-0.15, -0.1) is 0 Å². The number of aromatic nitrogens is 2. The van der Waals surface area contributed by atoms with E-state index in [4.69, 9.17) is 5.73 Å². The van der Waals surface area contributed by atoms with Gasteiger partial charge >= 0.3 is 0 Å². The summed E-state index contributed by atoms with van der Waals surface area (Å²) in [5, 5.41) is 7.09. The summed E-state index contributed by atoms with van der Waals surface area (Å²) < 4.78 is 1.65. The van der Waals surface area contributed by atoms with Gasteiger partial charge in [-0.1, -0.05) is 0 Å². The summed E-state index contributed by atoms with van der Waals surface area (Å²) in [5.41, 5.74) is 6.71. The zero-order valence-corrected chi connectivity index (χ0v) is 11.8. The first kappa shape index (κ1) is 14.0. The van der Waals surface area contributed by atoms with E-state index in [-0.39, 0.29) is 11.9 Å². The lowest BCUT2D eigenvalue weighted by Crippen LogP contribution is -2.49. The highest BCUT2D eigenvalue weighted by Crippen LogP contribution is 2.16. The quantitative estimate of drug-likeness (QED) is 0.808. The van der Waals surface area contributed by atoms with E-state index in [1.807, 2.05) is 7.05 Å². The number of hydrogen-bond donors (Lipinski definition) is 2. The Hall–Kier alpha value is -1.40. The van der Waals surface area contributed by atoms with Gasteiger partial charge in [-0.3, -0.25) is 9.48 Å². The molecule has 2 rings (SSSR count). The third-order valence-corrected chi connectivity index (χ3v) is 3.92. The number of hydrogen-bond acceptors (Lipinski definition) is 4. The summed E-state index contributed by atoms with van der Waals surface area (Å²) in [7, 11) is 3.93. The Bertz CT molecular complexity index is 444. The predicted octanol–water partition coefficient (Wildman–Crippen LogP) is 0.0188. The Morgan fingerprint density at radius 1 is 1.58 bits per heavy atom. The van der Waals surface area contributed by atoms with Crippen LogP contribution in [0.25, 0.3) is 0 Å². The van der Waals surface area contributed by atoms with E-state index in [2.05, 4.69) is 29.3 Å². The van der Waals surface area contributed by atoms with Crippen molar-refractivity contribution in [2.45, 2.75) is 37.9 Å². The maximum Gasteiger partial charge on any atom is 0.241 e. The van der Waals surface area contributed by atoms with Gasteiger partial charge < -0.3 is 16.0 Å². The molecule has 2 heterocycles. The third-order valence-electron chi connectivity index (χ3n) is 3.92. The molecule has 19 heavy (non-hydrogen) atoms. The zero-order chi connectivity index (χ0) is 14.0. The Kier molecular flexibility index (Phi) is 4.21. The molecule has 0 bridgehead atoms. The maximum atomic E-state index is 12.1. The lowest BCUT2D eigenvalue weighted by molar-refractivity contribution is -0.123. The molecule has 1 aliphatic rings. The van der Waals surface area contributed by atoms with Crippen molar-refractivity contribution in [1.29, 1.82) is 0 Å². The highest BCUT2D eigenvalue weighted by atomic mass is 16.2. The van der Waals surface area contributed by atoms with E-state index in [0.29, 0.717) is 6.04 Å². The van der Waals surface area contributed by atoms with Crippen molar-refractivity contribution in [2.75, 3.05) is 13.6 Å². The highest BCUT2D eigenvalue weighted by Gasteiger charge is 2.26. The normalized spacial score (nSPS) is 26.1. The second kappa shape index (κ2) is 5.71. The minimum Gasteiger partial charge on any atom is -0.352 e. The molecule has 6 nitrogen and oxygen atoms in total. The lowest BCUT2D eigenvalue weighted by Gasteiger charge is -2.35. The first-order valence-corrected chi connectivity index (χ1v) is 6.72. The fourth-order valence-electron chi connectivity index (χ4n) is 2.46. The molecule has 1 aliphatic heterocycles. The van der Waals surface area contributed by atoms with Crippen LogP contribution >= 0.6 is 0 Å². The molecule has 1 aromatic heterocycles. The van der Waals surface area contributed by atoms with Crippen LogP contribution in [0.2, 0.25) is 0 Å². The summed E-state index contributed by atoms with van der Waals surface area (Å²) in [4.78, 5) is 14.4. The Morgan fingerprint density at radius 3 is 2.89 bits per heavy atom. The van der Waals surface area contributed by atoms with Crippen LogP contribution in [-0.4, -0.2) is 46.3 Å². The van der Waals surface area contributed by atoms with Gasteiger partial charge in [0.05, 0.1) is 6.20 Å². The number of aryl methyl sites for hydroxylation is 1. The van der Waals surface area contributed by atoms with Gasteiger partial charge in [0.1, 0.15) is 6.04 Å². The van der Waals surface area contributed by atoms with Crippen molar-refractivity contribution in [3.63, 3.8) is 0 Å². The Balaban J connectivity index is 1.90. The number of carbonyl (C=O) groups excluding carboxylic acids is 1. The first-order valence-electron chi connectivity index (χ1n) is 6.72. The van der Waals surface area contributed by atoms with Gasteiger partial charge in [0, 0.05) is 37.4 Å².